The van der Waals surface area contributed by atoms with Gasteiger partial charge in [-0.1, -0.05) is 25.1 Å². The minimum absolute atomic E-state index is 0.0424. The van der Waals surface area contributed by atoms with Crippen molar-refractivity contribution in [2.45, 2.75) is 25.5 Å². The van der Waals surface area contributed by atoms with Gasteiger partial charge in [0.1, 0.15) is 0 Å². The van der Waals surface area contributed by atoms with E-state index in [2.05, 4.69) is 24.0 Å². The molecule has 0 bridgehead atoms. The summed E-state index contributed by atoms with van der Waals surface area (Å²) in [6, 6.07) is 8.04. The highest BCUT2D eigenvalue weighted by molar-refractivity contribution is 5.85. The third kappa shape index (κ3) is 2.30. The van der Waals surface area contributed by atoms with E-state index in [0.717, 1.165) is 17.4 Å². The Morgan fingerprint density at radius 1 is 1.35 bits per heavy atom. The molecule has 17 heavy (non-hydrogen) atoms. The molecular formula is C14H18N2O. The fourth-order valence-corrected chi connectivity index (χ4v) is 2.20. The van der Waals surface area contributed by atoms with Gasteiger partial charge >= 0.3 is 0 Å². The highest BCUT2D eigenvalue weighted by Gasteiger charge is 2.18. The highest BCUT2D eigenvalue weighted by atomic mass is 16.5. The number of rotatable bonds is 4. The lowest BCUT2D eigenvalue weighted by molar-refractivity contribution is 0.0776. The second-order valence-electron chi connectivity index (χ2n) is 4.15. The maximum atomic E-state index is 6.27. The molecule has 0 saturated heterocycles. The van der Waals surface area contributed by atoms with Gasteiger partial charge in [-0.3, -0.25) is 4.98 Å². The van der Waals surface area contributed by atoms with Crippen LogP contribution in [-0.2, 0) is 4.74 Å². The van der Waals surface area contributed by atoms with Gasteiger partial charge < -0.3 is 10.5 Å². The van der Waals surface area contributed by atoms with Crippen molar-refractivity contribution in [2.75, 3.05) is 7.11 Å². The van der Waals surface area contributed by atoms with Crippen molar-refractivity contribution >= 4 is 10.8 Å². The SMILES string of the molecule is CCC(OC)C(N)c1cccc2ccncc12. The van der Waals surface area contributed by atoms with Crippen LogP contribution >= 0.6 is 0 Å². The summed E-state index contributed by atoms with van der Waals surface area (Å²) in [4.78, 5) is 4.17. The minimum atomic E-state index is -0.113. The summed E-state index contributed by atoms with van der Waals surface area (Å²) in [6.07, 6.45) is 4.60. The number of pyridine rings is 1. The summed E-state index contributed by atoms with van der Waals surface area (Å²) in [5, 5.41) is 2.27. The van der Waals surface area contributed by atoms with E-state index in [-0.39, 0.29) is 12.1 Å². The smallest absolute Gasteiger partial charge is 0.0761 e. The predicted octanol–water partition coefficient (Wildman–Crippen LogP) is 2.66. The van der Waals surface area contributed by atoms with Gasteiger partial charge in [0.2, 0.25) is 0 Å². The van der Waals surface area contributed by atoms with Gasteiger partial charge in [-0.05, 0) is 23.4 Å². The van der Waals surface area contributed by atoms with Crippen LogP contribution in [0.15, 0.2) is 36.7 Å². The van der Waals surface area contributed by atoms with E-state index in [1.165, 1.54) is 5.39 Å². The predicted molar refractivity (Wildman–Crippen MR) is 69.8 cm³/mol. The fraction of sp³-hybridized carbons (Fsp3) is 0.357. The van der Waals surface area contributed by atoms with Gasteiger partial charge in [0.05, 0.1) is 12.1 Å². The number of nitrogens with zero attached hydrogens (tertiary/aromatic N) is 1. The lowest BCUT2D eigenvalue weighted by Crippen LogP contribution is -2.27. The van der Waals surface area contributed by atoms with Crippen LogP contribution in [0.3, 0.4) is 0 Å². The first kappa shape index (κ1) is 12.0. The summed E-state index contributed by atoms with van der Waals surface area (Å²) in [5.74, 6) is 0. The average Bonchev–Trinajstić information content (AvgIpc) is 2.39. The average molecular weight is 230 g/mol. The minimum Gasteiger partial charge on any atom is -0.379 e. The zero-order valence-corrected chi connectivity index (χ0v) is 10.3. The van der Waals surface area contributed by atoms with E-state index in [9.17, 15) is 0 Å². The maximum absolute atomic E-state index is 6.27. The van der Waals surface area contributed by atoms with Crippen molar-refractivity contribution in [1.29, 1.82) is 0 Å². The first-order valence-corrected chi connectivity index (χ1v) is 5.89. The molecule has 2 rings (SSSR count). The summed E-state index contributed by atoms with van der Waals surface area (Å²) in [5.41, 5.74) is 7.37. The standard InChI is InChI=1S/C14H18N2O/c1-3-13(17-2)14(15)11-6-4-5-10-7-8-16-9-12(10)11/h4-9,13-14H,3,15H2,1-2H3. The Kier molecular flexibility index (Phi) is 3.71. The molecule has 3 nitrogen and oxygen atoms in total. The highest BCUT2D eigenvalue weighted by Crippen LogP contribution is 2.26. The molecule has 2 N–H and O–H groups in total. The fourth-order valence-electron chi connectivity index (χ4n) is 2.20. The Morgan fingerprint density at radius 2 is 2.18 bits per heavy atom. The molecule has 2 aromatic rings. The molecule has 0 aliphatic heterocycles. The molecule has 2 atom stereocenters. The van der Waals surface area contributed by atoms with Crippen molar-refractivity contribution in [3.05, 3.63) is 42.2 Å². The monoisotopic (exact) mass is 230 g/mol. The van der Waals surface area contributed by atoms with Crippen molar-refractivity contribution in [3.8, 4) is 0 Å². The van der Waals surface area contributed by atoms with Crippen LogP contribution < -0.4 is 5.73 Å². The van der Waals surface area contributed by atoms with E-state index in [1.54, 1.807) is 13.3 Å². The van der Waals surface area contributed by atoms with Crippen LogP contribution in [0.4, 0.5) is 0 Å². The molecule has 1 aromatic carbocycles. The summed E-state index contributed by atoms with van der Waals surface area (Å²) in [7, 11) is 1.71. The van der Waals surface area contributed by atoms with Crippen molar-refractivity contribution in [2.24, 2.45) is 5.73 Å². The number of hydrogen-bond donors (Lipinski definition) is 1. The molecule has 90 valence electrons. The van der Waals surface area contributed by atoms with E-state index >= 15 is 0 Å². The number of methoxy groups -OCH3 is 1. The molecule has 0 amide bonds. The Hall–Kier alpha value is -1.45. The largest absolute Gasteiger partial charge is 0.379 e. The number of benzene rings is 1. The number of hydrogen-bond acceptors (Lipinski definition) is 3. The molecule has 1 aromatic heterocycles. The number of ether oxygens (including phenoxy) is 1. The van der Waals surface area contributed by atoms with Gasteiger partial charge in [0, 0.05) is 24.9 Å². The molecule has 0 aliphatic rings. The van der Waals surface area contributed by atoms with Crippen LogP contribution in [0, 0.1) is 0 Å². The quantitative estimate of drug-likeness (QED) is 0.878. The molecular weight excluding hydrogens is 212 g/mol. The molecule has 0 spiro atoms. The van der Waals surface area contributed by atoms with Crippen molar-refractivity contribution in [1.82, 2.24) is 4.98 Å². The molecule has 3 heteroatoms. The Bertz CT molecular complexity index is 489. The molecule has 0 fully saturated rings. The molecule has 2 unspecified atom stereocenters. The number of nitrogens with two attached hydrogens (primary N) is 1. The van der Waals surface area contributed by atoms with E-state index in [4.69, 9.17) is 10.5 Å². The normalized spacial score (nSPS) is 14.8. The zero-order valence-electron chi connectivity index (χ0n) is 10.3. The van der Waals surface area contributed by atoms with Gasteiger partial charge in [0.15, 0.2) is 0 Å². The number of fused-ring (bicyclic) bond motifs is 1. The summed E-state index contributed by atoms with van der Waals surface area (Å²) in [6.45, 7) is 2.08. The van der Waals surface area contributed by atoms with Crippen LogP contribution in [-0.4, -0.2) is 18.2 Å². The van der Waals surface area contributed by atoms with Gasteiger partial charge in [-0.2, -0.15) is 0 Å². The third-order valence-electron chi connectivity index (χ3n) is 3.18. The summed E-state index contributed by atoms with van der Waals surface area (Å²) >= 11 is 0. The van der Waals surface area contributed by atoms with E-state index < -0.39 is 0 Å². The first-order valence-electron chi connectivity index (χ1n) is 5.89. The van der Waals surface area contributed by atoms with Gasteiger partial charge in [-0.15, -0.1) is 0 Å². The molecule has 0 saturated carbocycles. The second-order valence-corrected chi connectivity index (χ2v) is 4.15. The van der Waals surface area contributed by atoms with Gasteiger partial charge in [0.25, 0.3) is 0 Å². The van der Waals surface area contributed by atoms with Crippen LogP contribution in [0.1, 0.15) is 24.9 Å². The molecule has 0 radical (unpaired) electrons. The summed E-state index contributed by atoms with van der Waals surface area (Å²) < 4.78 is 5.42. The van der Waals surface area contributed by atoms with E-state index in [0.29, 0.717) is 0 Å². The third-order valence-corrected chi connectivity index (χ3v) is 3.18. The number of aromatic nitrogens is 1. The van der Waals surface area contributed by atoms with Crippen molar-refractivity contribution in [3.63, 3.8) is 0 Å². The zero-order chi connectivity index (χ0) is 12.3. The first-order chi connectivity index (χ1) is 8.27. The Morgan fingerprint density at radius 3 is 2.88 bits per heavy atom. The van der Waals surface area contributed by atoms with Crippen molar-refractivity contribution < 1.29 is 4.74 Å². The van der Waals surface area contributed by atoms with Gasteiger partial charge in [-0.25, -0.2) is 0 Å². The maximum Gasteiger partial charge on any atom is 0.0761 e. The van der Waals surface area contributed by atoms with Crippen LogP contribution in [0.25, 0.3) is 10.8 Å². The second kappa shape index (κ2) is 5.25. The van der Waals surface area contributed by atoms with Crippen LogP contribution in [0.5, 0.6) is 0 Å². The Labute approximate surface area is 102 Å². The Balaban J connectivity index is 2.47. The molecule has 0 aliphatic carbocycles. The van der Waals surface area contributed by atoms with Crippen LogP contribution in [0.2, 0.25) is 0 Å². The van der Waals surface area contributed by atoms with E-state index in [1.807, 2.05) is 18.3 Å². The molecule has 1 heterocycles. The lowest BCUT2D eigenvalue weighted by Gasteiger charge is -2.22. The lowest BCUT2D eigenvalue weighted by atomic mass is 9.96. The topological polar surface area (TPSA) is 48.1 Å².